The first-order valence-electron chi connectivity index (χ1n) is 6.73. The Morgan fingerprint density at radius 3 is 2.47 bits per heavy atom. The van der Waals surface area contributed by atoms with Crippen LogP contribution in [0.25, 0.3) is 0 Å². The summed E-state index contributed by atoms with van der Waals surface area (Å²) >= 11 is 0. The maximum absolute atomic E-state index is 10.8. The van der Waals surface area contributed by atoms with E-state index in [-0.39, 0.29) is 0 Å². The third-order valence-electron chi connectivity index (χ3n) is 2.42. The molecule has 3 heteroatoms. The predicted molar refractivity (Wildman–Crippen MR) is 78.6 cm³/mol. The molecule has 1 heterocycles. The minimum Gasteiger partial charge on any atom is -0.429 e. The zero-order valence-corrected chi connectivity index (χ0v) is 12.5. The molecule has 0 bridgehead atoms. The third-order valence-corrected chi connectivity index (χ3v) is 2.42. The molecule has 0 amide bonds. The van der Waals surface area contributed by atoms with Gasteiger partial charge in [0.15, 0.2) is 0 Å². The summed E-state index contributed by atoms with van der Waals surface area (Å²) in [6.07, 6.45) is 6.32. The number of hydrogen-bond donors (Lipinski definition) is 1. The van der Waals surface area contributed by atoms with Gasteiger partial charge in [0, 0.05) is 11.6 Å². The number of carbonyl (C=O) groups excluding carboxylic acids is 1. The zero-order valence-electron chi connectivity index (χ0n) is 12.5. The Balaban J connectivity index is 0.000000711. The number of rotatable bonds is 5. The van der Waals surface area contributed by atoms with Gasteiger partial charge in [0.2, 0.25) is 6.29 Å². The lowest BCUT2D eigenvalue weighted by atomic mass is 10.1. The van der Waals surface area contributed by atoms with Crippen LogP contribution in [0.4, 0.5) is 0 Å². The number of aliphatic hydroxyl groups is 1. The zero-order chi connectivity index (χ0) is 14.8. The first-order chi connectivity index (χ1) is 8.86. The van der Waals surface area contributed by atoms with Crippen molar-refractivity contribution in [2.24, 2.45) is 0 Å². The second kappa shape index (κ2) is 9.56. The van der Waals surface area contributed by atoms with Crippen LogP contribution in [0.15, 0.2) is 35.5 Å². The Kier molecular flexibility index (Phi) is 8.88. The van der Waals surface area contributed by atoms with Gasteiger partial charge in [-0.3, -0.25) is 0 Å². The van der Waals surface area contributed by atoms with Crippen molar-refractivity contribution < 1.29 is 14.6 Å². The van der Waals surface area contributed by atoms with Gasteiger partial charge in [0.05, 0.1) is 0 Å². The number of esters is 1. The van der Waals surface area contributed by atoms with E-state index < -0.39 is 12.3 Å². The molecule has 1 unspecified atom stereocenters. The molecule has 0 radical (unpaired) electrons. The second-order valence-corrected chi connectivity index (χ2v) is 5.05. The van der Waals surface area contributed by atoms with E-state index >= 15 is 0 Å². The summed E-state index contributed by atoms with van der Waals surface area (Å²) < 4.78 is 4.58. The Hall–Kier alpha value is -1.35. The summed E-state index contributed by atoms with van der Waals surface area (Å²) in [6.45, 7) is 11.7. The van der Waals surface area contributed by atoms with Crippen LogP contribution in [0.1, 0.15) is 53.4 Å². The van der Waals surface area contributed by atoms with Gasteiger partial charge in [0.25, 0.3) is 0 Å². The van der Waals surface area contributed by atoms with Crippen LogP contribution in [0.5, 0.6) is 0 Å². The van der Waals surface area contributed by atoms with Crippen molar-refractivity contribution in [3.05, 3.63) is 35.5 Å². The van der Waals surface area contributed by atoms with Crippen molar-refractivity contribution in [2.45, 2.75) is 59.7 Å². The molecule has 1 N–H and O–H groups in total. The molecule has 1 rings (SSSR count). The van der Waals surface area contributed by atoms with Gasteiger partial charge in [-0.05, 0) is 40.0 Å². The summed E-state index contributed by atoms with van der Waals surface area (Å²) in [6, 6.07) is 0. The van der Waals surface area contributed by atoms with Gasteiger partial charge >= 0.3 is 5.97 Å². The van der Waals surface area contributed by atoms with Gasteiger partial charge in [-0.1, -0.05) is 30.6 Å². The van der Waals surface area contributed by atoms with Crippen molar-refractivity contribution >= 4 is 5.97 Å². The monoisotopic (exact) mass is 266 g/mol. The van der Waals surface area contributed by atoms with Crippen molar-refractivity contribution in [2.75, 3.05) is 0 Å². The fourth-order valence-corrected chi connectivity index (χ4v) is 1.62. The number of allylic oxidation sites excluding steroid dienone is 3. The molecular weight excluding hydrogens is 240 g/mol. The molecule has 3 nitrogen and oxygen atoms in total. The summed E-state index contributed by atoms with van der Waals surface area (Å²) in [5, 5.41) is 9.30. The molecule has 0 aromatic heterocycles. The highest BCUT2D eigenvalue weighted by molar-refractivity contribution is 5.85. The Bertz CT molecular complexity index is 360. The van der Waals surface area contributed by atoms with Crippen molar-refractivity contribution in [3.8, 4) is 0 Å². The molecule has 0 aliphatic carbocycles. The quantitative estimate of drug-likeness (QED) is 0.606. The number of aliphatic hydroxyl groups excluding tert-OH is 1. The van der Waals surface area contributed by atoms with E-state index in [0.29, 0.717) is 12.0 Å². The predicted octanol–water partition coefficient (Wildman–Crippen LogP) is 3.90. The SMILES string of the molecule is C=C(C)C.CCC/C(C)=C/CCC1=CC(=O)OC1O. The topological polar surface area (TPSA) is 46.5 Å². The minimum atomic E-state index is -1.02. The number of carbonyl (C=O) groups is 1. The lowest BCUT2D eigenvalue weighted by Crippen LogP contribution is -2.09. The highest BCUT2D eigenvalue weighted by Crippen LogP contribution is 2.19. The molecule has 0 spiro atoms. The maximum atomic E-state index is 10.8. The van der Waals surface area contributed by atoms with Crippen LogP contribution < -0.4 is 0 Å². The summed E-state index contributed by atoms with van der Waals surface area (Å²) in [4.78, 5) is 10.8. The maximum Gasteiger partial charge on any atom is 0.333 e. The minimum absolute atomic E-state index is 0.438. The lowest BCUT2D eigenvalue weighted by Gasteiger charge is -2.05. The molecule has 1 aliphatic rings. The largest absolute Gasteiger partial charge is 0.429 e. The second-order valence-electron chi connectivity index (χ2n) is 5.05. The van der Waals surface area contributed by atoms with Crippen molar-refractivity contribution in [1.82, 2.24) is 0 Å². The molecule has 108 valence electrons. The highest BCUT2D eigenvalue weighted by atomic mass is 16.6. The summed E-state index contributed by atoms with van der Waals surface area (Å²) in [5.41, 5.74) is 3.21. The van der Waals surface area contributed by atoms with Gasteiger partial charge in [-0.15, -0.1) is 6.58 Å². The molecule has 0 saturated heterocycles. The van der Waals surface area contributed by atoms with Crippen LogP contribution in [-0.4, -0.2) is 17.4 Å². The summed E-state index contributed by atoms with van der Waals surface area (Å²) in [7, 11) is 0. The molecule has 0 aromatic rings. The number of hydrogen-bond acceptors (Lipinski definition) is 3. The van der Waals surface area contributed by atoms with Crippen LogP contribution in [0, 0.1) is 0 Å². The van der Waals surface area contributed by atoms with Gasteiger partial charge in [-0.25, -0.2) is 4.79 Å². The van der Waals surface area contributed by atoms with E-state index in [2.05, 4.69) is 31.2 Å². The van der Waals surface area contributed by atoms with Crippen molar-refractivity contribution in [3.63, 3.8) is 0 Å². The van der Waals surface area contributed by atoms with Crippen LogP contribution in [-0.2, 0) is 9.53 Å². The van der Waals surface area contributed by atoms with Crippen LogP contribution in [0.2, 0.25) is 0 Å². The van der Waals surface area contributed by atoms with Crippen molar-refractivity contribution in [1.29, 1.82) is 0 Å². The van der Waals surface area contributed by atoms with Gasteiger partial charge in [0.1, 0.15) is 0 Å². The van der Waals surface area contributed by atoms with Crippen LogP contribution >= 0.6 is 0 Å². The van der Waals surface area contributed by atoms with E-state index in [4.69, 9.17) is 0 Å². The number of cyclic esters (lactones) is 1. The van der Waals surface area contributed by atoms with E-state index in [1.54, 1.807) is 0 Å². The average Bonchev–Trinajstić information content (AvgIpc) is 2.57. The average molecular weight is 266 g/mol. The van der Waals surface area contributed by atoms with E-state index in [1.807, 2.05) is 13.8 Å². The van der Waals surface area contributed by atoms with E-state index in [0.717, 1.165) is 19.3 Å². The molecule has 19 heavy (non-hydrogen) atoms. The highest BCUT2D eigenvalue weighted by Gasteiger charge is 2.22. The molecule has 0 aromatic carbocycles. The third kappa shape index (κ3) is 9.25. The fraction of sp³-hybridized carbons (Fsp3) is 0.562. The lowest BCUT2D eigenvalue weighted by molar-refractivity contribution is -0.151. The summed E-state index contributed by atoms with van der Waals surface area (Å²) in [5.74, 6) is -0.438. The molecule has 0 fully saturated rings. The molecule has 1 atom stereocenters. The van der Waals surface area contributed by atoms with Gasteiger partial charge in [-0.2, -0.15) is 0 Å². The van der Waals surface area contributed by atoms with Gasteiger partial charge < -0.3 is 9.84 Å². The van der Waals surface area contributed by atoms with E-state index in [9.17, 15) is 9.90 Å². The fourth-order valence-electron chi connectivity index (χ4n) is 1.62. The first kappa shape index (κ1) is 17.6. The standard InChI is InChI=1S/C12H18O3.C4H8/c1-3-5-9(2)6-4-7-10-8-11(13)15-12(10)14;1-4(2)3/h6,8,12,14H,3-5,7H2,1-2H3;1H2,2-3H3/b9-6+;. The first-order valence-corrected chi connectivity index (χ1v) is 6.73. The molecule has 0 saturated carbocycles. The normalized spacial score (nSPS) is 18.4. The molecular formula is C16H26O3. The Morgan fingerprint density at radius 2 is 2.05 bits per heavy atom. The molecule has 1 aliphatic heterocycles. The number of ether oxygens (including phenoxy) is 1. The Morgan fingerprint density at radius 1 is 1.47 bits per heavy atom. The Labute approximate surface area is 116 Å². The smallest absolute Gasteiger partial charge is 0.333 e. The van der Waals surface area contributed by atoms with Crippen LogP contribution in [0.3, 0.4) is 0 Å². The van der Waals surface area contributed by atoms with E-state index in [1.165, 1.54) is 17.2 Å².